The van der Waals surface area contributed by atoms with Crippen molar-refractivity contribution in [3.8, 4) is 0 Å². The molecule has 0 bridgehead atoms. The summed E-state index contributed by atoms with van der Waals surface area (Å²) in [6.07, 6.45) is -3.25. The van der Waals surface area contributed by atoms with E-state index in [-0.39, 0.29) is 0 Å². The van der Waals surface area contributed by atoms with Crippen LogP contribution in [0.3, 0.4) is 0 Å². The minimum atomic E-state index is -4.27. The first-order valence-electron chi connectivity index (χ1n) is 6.00. The fourth-order valence-electron chi connectivity index (χ4n) is 2.02. The molecule has 5 heteroatoms. The molecule has 1 heterocycles. The lowest BCUT2D eigenvalue weighted by molar-refractivity contribution is -0.137. The van der Waals surface area contributed by atoms with Crippen LogP contribution in [0.25, 0.3) is 0 Å². The van der Waals surface area contributed by atoms with Gasteiger partial charge in [0, 0.05) is 19.7 Å². The Labute approximate surface area is 104 Å². The van der Waals surface area contributed by atoms with Crippen LogP contribution in [0.4, 0.5) is 13.2 Å². The Balaban J connectivity index is 1.85. The number of alkyl halides is 3. The summed E-state index contributed by atoms with van der Waals surface area (Å²) in [5.74, 6) is 0.482. The van der Waals surface area contributed by atoms with Crippen molar-refractivity contribution in [2.45, 2.75) is 19.1 Å². The van der Waals surface area contributed by atoms with Crippen LogP contribution in [0.1, 0.15) is 17.5 Å². The maximum Gasteiger partial charge on any atom is 0.416 e. The molecule has 1 fully saturated rings. The van der Waals surface area contributed by atoms with Crippen LogP contribution in [-0.2, 0) is 17.5 Å². The van der Waals surface area contributed by atoms with Gasteiger partial charge in [-0.3, -0.25) is 0 Å². The van der Waals surface area contributed by atoms with Crippen LogP contribution in [0.2, 0.25) is 0 Å². The second-order valence-electron chi connectivity index (χ2n) is 4.56. The smallest absolute Gasteiger partial charge is 0.381 e. The van der Waals surface area contributed by atoms with E-state index < -0.39 is 11.7 Å². The first-order chi connectivity index (χ1) is 8.55. The van der Waals surface area contributed by atoms with E-state index in [4.69, 9.17) is 4.74 Å². The monoisotopic (exact) mass is 259 g/mol. The molecule has 2 nitrogen and oxygen atoms in total. The van der Waals surface area contributed by atoms with Gasteiger partial charge in [0.15, 0.2) is 0 Å². The Bertz CT molecular complexity index is 386. The van der Waals surface area contributed by atoms with Gasteiger partial charge in [-0.05, 0) is 24.0 Å². The zero-order chi connectivity index (χ0) is 13.0. The van der Waals surface area contributed by atoms with Crippen LogP contribution < -0.4 is 5.32 Å². The van der Waals surface area contributed by atoms with Gasteiger partial charge < -0.3 is 10.1 Å². The summed E-state index contributed by atoms with van der Waals surface area (Å²) in [7, 11) is 0. The second-order valence-corrected chi connectivity index (χ2v) is 4.56. The van der Waals surface area contributed by atoms with Crippen LogP contribution in [0.15, 0.2) is 24.3 Å². The number of halogens is 3. The predicted octanol–water partition coefficient (Wildman–Crippen LogP) is 2.83. The molecule has 0 aliphatic carbocycles. The molecule has 1 atom stereocenters. The maximum atomic E-state index is 12.5. The summed E-state index contributed by atoms with van der Waals surface area (Å²) < 4.78 is 42.7. The van der Waals surface area contributed by atoms with Crippen LogP contribution >= 0.6 is 0 Å². The Morgan fingerprint density at radius 3 is 2.83 bits per heavy atom. The standard InChI is InChI=1S/C13H16F3NO/c14-13(15,16)12-3-1-2-10(6-12)7-17-8-11-4-5-18-9-11/h1-3,6,11,17H,4-5,7-9H2. The van der Waals surface area contributed by atoms with Crippen LogP contribution in [-0.4, -0.2) is 19.8 Å². The summed E-state index contributed by atoms with van der Waals surface area (Å²) in [5, 5.41) is 3.17. The van der Waals surface area contributed by atoms with Crippen molar-refractivity contribution in [3.05, 3.63) is 35.4 Å². The minimum Gasteiger partial charge on any atom is -0.381 e. The van der Waals surface area contributed by atoms with Crippen molar-refractivity contribution in [1.29, 1.82) is 0 Å². The average molecular weight is 259 g/mol. The lowest BCUT2D eigenvalue weighted by Crippen LogP contribution is -2.22. The minimum absolute atomic E-state index is 0.459. The van der Waals surface area contributed by atoms with E-state index in [0.29, 0.717) is 18.0 Å². The lowest BCUT2D eigenvalue weighted by atomic mass is 10.1. The van der Waals surface area contributed by atoms with E-state index in [1.807, 2.05) is 0 Å². The predicted molar refractivity (Wildman–Crippen MR) is 62.1 cm³/mol. The molecule has 1 aliphatic rings. The van der Waals surface area contributed by atoms with Gasteiger partial charge in [0.1, 0.15) is 0 Å². The average Bonchev–Trinajstić information content (AvgIpc) is 2.81. The third kappa shape index (κ3) is 3.71. The molecule has 100 valence electrons. The van der Waals surface area contributed by atoms with Crippen LogP contribution in [0, 0.1) is 5.92 Å². The molecule has 0 radical (unpaired) electrons. The summed E-state index contributed by atoms with van der Waals surface area (Å²) in [4.78, 5) is 0. The molecule has 0 saturated carbocycles. The molecular weight excluding hydrogens is 243 g/mol. The normalized spacial score (nSPS) is 20.3. The molecular formula is C13H16F3NO. The fraction of sp³-hybridized carbons (Fsp3) is 0.538. The summed E-state index contributed by atoms with van der Waals surface area (Å²) in [6, 6.07) is 5.43. The lowest BCUT2D eigenvalue weighted by Gasteiger charge is -2.11. The van der Waals surface area contributed by atoms with Crippen molar-refractivity contribution in [3.63, 3.8) is 0 Å². The number of rotatable bonds is 4. The van der Waals surface area contributed by atoms with Gasteiger partial charge in [-0.1, -0.05) is 18.2 Å². The molecule has 0 aromatic heterocycles. The van der Waals surface area contributed by atoms with Crippen molar-refractivity contribution < 1.29 is 17.9 Å². The van der Waals surface area contributed by atoms with Gasteiger partial charge in [-0.25, -0.2) is 0 Å². The third-order valence-corrected chi connectivity index (χ3v) is 3.04. The highest BCUT2D eigenvalue weighted by atomic mass is 19.4. The van der Waals surface area contributed by atoms with Crippen molar-refractivity contribution in [2.75, 3.05) is 19.8 Å². The number of ether oxygens (including phenoxy) is 1. The molecule has 1 N–H and O–H groups in total. The summed E-state index contributed by atoms with van der Waals surface area (Å²) in [5.41, 5.74) is 0.0646. The Hall–Kier alpha value is -1.07. The molecule has 18 heavy (non-hydrogen) atoms. The number of hydrogen-bond acceptors (Lipinski definition) is 2. The Morgan fingerprint density at radius 1 is 1.33 bits per heavy atom. The van der Waals surface area contributed by atoms with E-state index in [0.717, 1.165) is 32.2 Å². The fourth-order valence-corrected chi connectivity index (χ4v) is 2.02. The van der Waals surface area contributed by atoms with Gasteiger partial charge in [-0.2, -0.15) is 13.2 Å². The van der Waals surface area contributed by atoms with E-state index >= 15 is 0 Å². The molecule has 1 saturated heterocycles. The first-order valence-corrected chi connectivity index (χ1v) is 6.00. The zero-order valence-electron chi connectivity index (χ0n) is 9.96. The number of nitrogens with one attached hydrogen (secondary N) is 1. The van der Waals surface area contributed by atoms with Crippen molar-refractivity contribution in [1.82, 2.24) is 5.32 Å². The molecule has 0 spiro atoms. The molecule has 1 aliphatic heterocycles. The second kappa shape index (κ2) is 5.71. The summed E-state index contributed by atoms with van der Waals surface area (Å²) in [6.45, 7) is 2.78. The third-order valence-electron chi connectivity index (χ3n) is 3.04. The van der Waals surface area contributed by atoms with Crippen molar-refractivity contribution in [2.24, 2.45) is 5.92 Å². The molecule has 1 aromatic rings. The van der Waals surface area contributed by atoms with Crippen molar-refractivity contribution >= 4 is 0 Å². The van der Waals surface area contributed by atoms with Gasteiger partial charge in [0.2, 0.25) is 0 Å². The highest BCUT2D eigenvalue weighted by molar-refractivity contribution is 5.25. The van der Waals surface area contributed by atoms with E-state index in [9.17, 15) is 13.2 Å². The highest BCUT2D eigenvalue weighted by Gasteiger charge is 2.30. The zero-order valence-corrected chi connectivity index (χ0v) is 9.96. The Kier molecular flexibility index (Phi) is 4.24. The van der Waals surface area contributed by atoms with Gasteiger partial charge in [0.05, 0.1) is 12.2 Å². The largest absolute Gasteiger partial charge is 0.416 e. The Morgan fingerprint density at radius 2 is 2.17 bits per heavy atom. The van der Waals surface area contributed by atoms with E-state index in [1.54, 1.807) is 6.07 Å². The van der Waals surface area contributed by atoms with E-state index in [2.05, 4.69) is 5.32 Å². The highest BCUT2D eigenvalue weighted by Crippen LogP contribution is 2.29. The van der Waals surface area contributed by atoms with Gasteiger partial charge in [-0.15, -0.1) is 0 Å². The SMILES string of the molecule is FC(F)(F)c1cccc(CNCC2CCOC2)c1. The first kappa shape index (κ1) is 13.4. The quantitative estimate of drug-likeness (QED) is 0.897. The molecule has 2 rings (SSSR count). The van der Waals surface area contributed by atoms with Gasteiger partial charge >= 0.3 is 6.18 Å². The topological polar surface area (TPSA) is 21.3 Å². The van der Waals surface area contributed by atoms with Crippen LogP contribution in [0.5, 0.6) is 0 Å². The van der Waals surface area contributed by atoms with Gasteiger partial charge in [0.25, 0.3) is 0 Å². The number of hydrogen-bond donors (Lipinski definition) is 1. The van der Waals surface area contributed by atoms with E-state index in [1.165, 1.54) is 12.1 Å². The summed E-state index contributed by atoms with van der Waals surface area (Å²) >= 11 is 0. The molecule has 1 aromatic carbocycles. The molecule has 0 amide bonds. The number of benzene rings is 1. The molecule has 1 unspecified atom stereocenters. The maximum absolute atomic E-state index is 12.5.